The Bertz CT molecular complexity index is 248. The maximum Gasteiger partial charge on any atom is 0.316 e. The summed E-state index contributed by atoms with van der Waals surface area (Å²) < 4.78 is 5.41. The Morgan fingerprint density at radius 1 is 1.30 bits per heavy atom. The zero-order chi connectivity index (χ0) is 15.4. The molecule has 0 aliphatic carbocycles. The number of hydrogen-bond donors (Lipinski definition) is 3. The summed E-state index contributed by atoms with van der Waals surface area (Å²) in [5, 5.41) is 15.5. The molecule has 0 radical (unpaired) electrons. The van der Waals surface area contributed by atoms with Gasteiger partial charge in [0.05, 0.1) is 12.7 Å². The first kappa shape index (κ1) is 19.1. The van der Waals surface area contributed by atoms with Gasteiger partial charge in [0.25, 0.3) is 0 Å². The van der Waals surface area contributed by atoms with E-state index in [0.717, 1.165) is 12.8 Å². The molecule has 0 saturated heterocycles. The van der Waals surface area contributed by atoms with Crippen molar-refractivity contribution in [2.75, 3.05) is 46.9 Å². The van der Waals surface area contributed by atoms with Crippen LogP contribution in [-0.4, -0.2) is 69.1 Å². The van der Waals surface area contributed by atoms with Crippen LogP contribution in [0.4, 0.5) is 4.79 Å². The number of carbonyl (C=O) groups excluding carboxylic acids is 1. The number of rotatable bonds is 11. The van der Waals surface area contributed by atoms with Crippen molar-refractivity contribution in [2.24, 2.45) is 5.92 Å². The molecule has 1 atom stereocenters. The lowest BCUT2D eigenvalue weighted by Gasteiger charge is -2.14. The molecule has 120 valence electrons. The molecule has 1 unspecified atom stereocenters. The Balaban J connectivity index is 3.32. The SMILES string of the molecule is CC(C)CCCOCC(O)CNCCNC(=O)N(C)C. The third kappa shape index (κ3) is 12.2. The molecule has 0 bridgehead atoms. The van der Waals surface area contributed by atoms with Crippen molar-refractivity contribution < 1.29 is 14.6 Å². The number of nitrogens with zero attached hydrogens (tertiary/aromatic N) is 1. The Morgan fingerprint density at radius 3 is 2.60 bits per heavy atom. The molecule has 0 aromatic heterocycles. The summed E-state index contributed by atoms with van der Waals surface area (Å²) in [6, 6.07) is -0.110. The second kappa shape index (κ2) is 11.9. The number of carbonyl (C=O) groups is 1. The summed E-state index contributed by atoms with van der Waals surface area (Å²) >= 11 is 0. The van der Waals surface area contributed by atoms with Crippen LogP contribution in [0.3, 0.4) is 0 Å². The number of hydrogen-bond acceptors (Lipinski definition) is 4. The molecule has 0 heterocycles. The Labute approximate surface area is 122 Å². The smallest absolute Gasteiger partial charge is 0.316 e. The van der Waals surface area contributed by atoms with Crippen LogP contribution in [0.5, 0.6) is 0 Å². The van der Waals surface area contributed by atoms with E-state index in [9.17, 15) is 9.90 Å². The van der Waals surface area contributed by atoms with E-state index in [1.807, 2.05) is 0 Å². The molecule has 6 heteroatoms. The molecule has 0 aliphatic rings. The van der Waals surface area contributed by atoms with Gasteiger partial charge >= 0.3 is 6.03 Å². The second-order valence-corrected chi connectivity index (χ2v) is 5.60. The molecule has 0 aliphatic heterocycles. The van der Waals surface area contributed by atoms with E-state index in [4.69, 9.17) is 4.74 Å². The van der Waals surface area contributed by atoms with Gasteiger partial charge in [-0.15, -0.1) is 0 Å². The standard InChI is InChI=1S/C14H31N3O3/c1-12(2)6-5-9-20-11-13(18)10-15-7-8-16-14(19)17(3)4/h12-13,15,18H,5-11H2,1-4H3,(H,16,19). The number of nitrogens with one attached hydrogen (secondary N) is 2. The topological polar surface area (TPSA) is 73.8 Å². The molecular weight excluding hydrogens is 258 g/mol. The molecule has 0 aromatic carbocycles. The van der Waals surface area contributed by atoms with Gasteiger partial charge in [0.15, 0.2) is 0 Å². The van der Waals surface area contributed by atoms with Gasteiger partial charge in [-0.25, -0.2) is 4.79 Å². The van der Waals surface area contributed by atoms with Crippen molar-refractivity contribution in [1.29, 1.82) is 0 Å². The lowest BCUT2D eigenvalue weighted by molar-refractivity contribution is 0.0349. The summed E-state index contributed by atoms with van der Waals surface area (Å²) in [5.74, 6) is 0.697. The first-order valence-electron chi connectivity index (χ1n) is 7.35. The fourth-order valence-corrected chi connectivity index (χ4v) is 1.56. The summed E-state index contributed by atoms with van der Waals surface area (Å²) in [6.07, 6.45) is 1.69. The van der Waals surface area contributed by atoms with Crippen LogP contribution < -0.4 is 10.6 Å². The third-order valence-corrected chi connectivity index (χ3v) is 2.74. The number of aliphatic hydroxyl groups excluding tert-OH is 1. The van der Waals surface area contributed by atoms with Crippen LogP contribution in [0, 0.1) is 5.92 Å². The van der Waals surface area contributed by atoms with Gasteiger partial charge in [0, 0.05) is 40.3 Å². The fraction of sp³-hybridized carbons (Fsp3) is 0.929. The lowest BCUT2D eigenvalue weighted by Crippen LogP contribution is -2.40. The largest absolute Gasteiger partial charge is 0.389 e. The summed E-state index contributed by atoms with van der Waals surface area (Å²) in [5.41, 5.74) is 0. The third-order valence-electron chi connectivity index (χ3n) is 2.74. The average Bonchev–Trinajstić information content (AvgIpc) is 2.37. The lowest BCUT2D eigenvalue weighted by atomic mass is 10.1. The quantitative estimate of drug-likeness (QED) is 0.489. The van der Waals surface area contributed by atoms with Crippen molar-refractivity contribution >= 4 is 6.03 Å². The molecule has 0 rings (SSSR count). The van der Waals surface area contributed by atoms with E-state index < -0.39 is 6.10 Å². The second-order valence-electron chi connectivity index (χ2n) is 5.60. The van der Waals surface area contributed by atoms with Crippen molar-refractivity contribution in [1.82, 2.24) is 15.5 Å². The van der Waals surface area contributed by atoms with Crippen molar-refractivity contribution in [2.45, 2.75) is 32.8 Å². The minimum absolute atomic E-state index is 0.110. The Morgan fingerprint density at radius 2 is 2.00 bits per heavy atom. The number of aliphatic hydroxyl groups is 1. The van der Waals surface area contributed by atoms with Gasteiger partial charge in [-0.1, -0.05) is 13.8 Å². The van der Waals surface area contributed by atoms with Crippen LogP contribution in [0.2, 0.25) is 0 Å². The van der Waals surface area contributed by atoms with Gasteiger partial charge in [-0.3, -0.25) is 0 Å². The highest BCUT2D eigenvalue weighted by Crippen LogP contribution is 2.03. The van der Waals surface area contributed by atoms with E-state index in [1.165, 1.54) is 4.90 Å². The van der Waals surface area contributed by atoms with Crippen molar-refractivity contribution in [3.63, 3.8) is 0 Å². The van der Waals surface area contributed by atoms with Crippen LogP contribution >= 0.6 is 0 Å². The van der Waals surface area contributed by atoms with E-state index in [-0.39, 0.29) is 6.03 Å². The Kier molecular flexibility index (Phi) is 11.4. The molecule has 0 aromatic rings. The first-order valence-corrected chi connectivity index (χ1v) is 7.35. The fourth-order valence-electron chi connectivity index (χ4n) is 1.56. The average molecular weight is 289 g/mol. The summed E-state index contributed by atoms with van der Waals surface area (Å²) in [6.45, 7) is 7.08. The molecule has 0 saturated carbocycles. The van der Waals surface area contributed by atoms with Gasteiger partial charge in [0.2, 0.25) is 0 Å². The summed E-state index contributed by atoms with van der Waals surface area (Å²) in [4.78, 5) is 12.7. The molecule has 0 spiro atoms. The number of ether oxygens (including phenoxy) is 1. The highest BCUT2D eigenvalue weighted by molar-refractivity contribution is 5.73. The van der Waals surface area contributed by atoms with Crippen molar-refractivity contribution in [3.05, 3.63) is 0 Å². The number of amides is 2. The predicted molar refractivity (Wildman–Crippen MR) is 80.9 cm³/mol. The molecule has 3 N–H and O–H groups in total. The van der Waals surface area contributed by atoms with E-state index >= 15 is 0 Å². The van der Waals surface area contributed by atoms with Gasteiger partial charge < -0.3 is 25.4 Å². The van der Waals surface area contributed by atoms with E-state index in [1.54, 1.807) is 14.1 Å². The highest BCUT2D eigenvalue weighted by Gasteiger charge is 2.04. The molecular formula is C14H31N3O3. The van der Waals surface area contributed by atoms with Gasteiger partial charge in [-0.2, -0.15) is 0 Å². The van der Waals surface area contributed by atoms with Gasteiger partial charge in [-0.05, 0) is 18.8 Å². The monoisotopic (exact) mass is 289 g/mol. The van der Waals surface area contributed by atoms with E-state index in [2.05, 4.69) is 24.5 Å². The first-order chi connectivity index (χ1) is 9.43. The predicted octanol–water partition coefficient (Wildman–Crippen LogP) is 0.661. The van der Waals surface area contributed by atoms with Crippen LogP contribution in [0.15, 0.2) is 0 Å². The highest BCUT2D eigenvalue weighted by atomic mass is 16.5. The van der Waals surface area contributed by atoms with Gasteiger partial charge in [0.1, 0.15) is 0 Å². The summed E-state index contributed by atoms with van der Waals surface area (Å²) in [7, 11) is 3.40. The zero-order valence-electron chi connectivity index (χ0n) is 13.3. The number of urea groups is 1. The van der Waals surface area contributed by atoms with Crippen LogP contribution in [-0.2, 0) is 4.74 Å². The normalized spacial score (nSPS) is 12.5. The molecule has 0 fully saturated rings. The van der Waals surface area contributed by atoms with Crippen molar-refractivity contribution in [3.8, 4) is 0 Å². The zero-order valence-corrected chi connectivity index (χ0v) is 13.3. The Hall–Kier alpha value is -0.850. The molecule has 20 heavy (non-hydrogen) atoms. The van der Waals surface area contributed by atoms with E-state index in [0.29, 0.717) is 38.8 Å². The minimum atomic E-state index is -0.501. The van der Waals surface area contributed by atoms with Crippen LogP contribution in [0.1, 0.15) is 26.7 Å². The maximum absolute atomic E-state index is 11.2. The maximum atomic E-state index is 11.2. The van der Waals surface area contributed by atoms with Crippen LogP contribution in [0.25, 0.3) is 0 Å². The molecule has 2 amide bonds. The minimum Gasteiger partial charge on any atom is -0.389 e. The molecule has 6 nitrogen and oxygen atoms in total.